The van der Waals surface area contributed by atoms with Crippen LogP contribution in [0, 0.1) is 11.3 Å². The molecule has 0 aromatic carbocycles. The van der Waals surface area contributed by atoms with Gasteiger partial charge in [0.1, 0.15) is 5.78 Å². The average Bonchev–Trinajstić information content (AvgIpc) is 2.31. The number of allylic oxidation sites excluding steroid dienone is 1. The highest BCUT2D eigenvalue weighted by molar-refractivity contribution is 6.74. The van der Waals surface area contributed by atoms with Crippen LogP contribution < -0.4 is 0 Å². The number of ketones is 1. The minimum Gasteiger partial charge on any atom is -0.410 e. The van der Waals surface area contributed by atoms with Gasteiger partial charge in [0.2, 0.25) is 0 Å². The first-order chi connectivity index (χ1) is 9.83. The predicted octanol–water partition coefficient (Wildman–Crippen LogP) is 5.74. The van der Waals surface area contributed by atoms with Gasteiger partial charge in [-0.15, -0.1) is 0 Å². The van der Waals surface area contributed by atoms with Gasteiger partial charge in [-0.1, -0.05) is 53.7 Å². The van der Waals surface area contributed by atoms with Crippen LogP contribution in [0.15, 0.2) is 12.2 Å². The first-order valence-corrected chi connectivity index (χ1v) is 11.6. The van der Waals surface area contributed by atoms with E-state index in [0.29, 0.717) is 18.1 Å². The fourth-order valence-corrected chi connectivity index (χ4v) is 3.90. The van der Waals surface area contributed by atoms with Crippen molar-refractivity contribution in [1.82, 2.24) is 0 Å². The van der Waals surface area contributed by atoms with Crippen molar-refractivity contribution in [2.45, 2.75) is 91.5 Å². The molecule has 2 unspecified atom stereocenters. The van der Waals surface area contributed by atoms with Crippen LogP contribution in [-0.4, -0.2) is 20.2 Å². The van der Waals surface area contributed by atoms with Gasteiger partial charge in [-0.3, -0.25) is 4.79 Å². The molecule has 1 aliphatic carbocycles. The van der Waals surface area contributed by atoms with Gasteiger partial charge in [0, 0.05) is 12.8 Å². The molecule has 3 heteroatoms. The van der Waals surface area contributed by atoms with Crippen molar-refractivity contribution in [2.24, 2.45) is 11.3 Å². The molecule has 1 rings (SSSR count). The normalized spacial score (nSPS) is 23.1. The molecule has 0 radical (unpaired) electrons. The van der Waals surface area contributed by atoms with Crippen molar-refractivity contribution in [2.75, 3.05) is 0 Å². The molecule has 0 spiro atoms. The number of hydrogen-bond donors (Lipinski definition) is 0. The second kappa shape index (κ2) is 7.00. The Hall–Kier alpha value is -0.413. The smallest absolute Gasteiger partial charge is 0.192 e. The van der Waals surface area contributed by atoms with Crippen LogP contribution >= 0.6 is 0 Å². The first kappa shape index (κ1) is 19.6. The van der Waals surface area contributed by atoms with Gasteiger partial charge in [-0.25, -0.2) is 0 Å². The summed E-state index contributed by atoms with van der Waals surface area (Å²) in [7, 11) is -1.80. The molecule has 0 N–H and O–H groups in total. The molecule has 1 saturated carbocycles. The zero-order chi connectivity index (χ0) is 17.2. The van der Waals surface area contributed by atoms with Gasteiger partial charge in [-0.05, 0) is 42.3 Å². The predicted molar refractivity (Wildman–Crippen MR) is 97.6 cm³/mol. The highest BCUT2D eigenvalue weighted by atomic mass is 28.4. The molecule has 1 fully saturated rings. The second-order valence-electron chi connectivity index (χ2n) is 9.44. The number of carbonyl (C=O) groups is 1. The summed E-state index contributed by atoms with van der Waals surface area (Å²) in [4.78, 5) is 11.6. The summed E-state index contributed by atoms with van der Waals surface area (Å²) in [6.45, 7) is 18.2. The Morgan fingerprint density at radius 3 is 2.23 bits per heavy atom. The summed E-state index contributed by atoms with van der Waals surface area (Å²) in [6.07, 6.45) is 8.27. The van der Waals surface area contributed by atoms with Gasteiger partial charge < -0.3 is 4.43 Å². The quantitative estimate of drug-likeness (QED) is 0.487. The minimum atomic E-state index is -1.80. The summed E-state index contributed by atoms with van der Waals surface area (Å²) in [6, 6.07) is 0. The molecule has 22 heavy (non-hydrogen) atoms. The molecule has 0 aliphatic heterocycles. The molecular formula is C19H36O2Si. The first-order valence-electron chi connectivity index (χ1n) is 8.71. The fourth-order valence-electron chi connectivity index (χ4n) is 2.48. The largest absolute Gasteiger partial charge is 0.410 e. The van der Waals surface area contributed by atoms with E-state index < -0.39 is 8.32 Å². The number of rotatable bonds is 4. The Balaban J connectivity index is 2.84. The number of carbonyl (C=O) groups excluding carboxylic acids is 1. The van der Waals surface area contributed by atoms with Gasteiger partial charge in [-0.2, -0.15) is 0 Å². The standard InChI is InChI=1S/C19H36O2Si/c1-18(2,3)17(21-22(7,8)19(4,5)6)13-12-15-10-9-11-16(20)14-15/h12-13,15,17H,9-11,14H2,1-8H3. The van der Waals surface area contributed by atoms with Crippen molar-refractivity contribution >= 4 is 14.1 Å². The Labute approximate surface area is 138 Å². The summed E-state index contributed by atoms with van der Waals surface area (Å²) in [5, 5.41) is 0.213. The Morgan fingerprint density at radius 2 is 1.77 bits per heavy atom. The molecule has 0 heterocycles. The van der Waals surface area contributed by atoms with E-state index in [2.05, 4.69) is 66.8 Å². The molecule has 2 nitrogen and oxygen atoms in total. The van der Waals surface area contributed by atoms with Crippen LogP contribution in [0.4, 0.5) is 0 Å². The van der Waals surface area contributed by atoms with E-state index in [-0.39, 0.29) is 16.6 Å². The summed E-state index contributed by atoms with van der Waals surface area (Å²) in [5.41, 5.74) is 0.0741. The highest BCUT2D eigenvalue weighted by Crippen LogP contribution is 2.40. The van der Waals surface area contributed by atoms with Crippen LogP contribution in [0.3, 0.4) is 0 Å². The molecule has 2 atom stereocenters. The molecule has 0 amide bonds. The van der Waals surface area contributed by atoms with Gasteiger partial charge in [0.05, 0.1) is 6.10 Å². The maximum atomic E-state index is 11.6. The van der Waals surface area contributed by atoms with E-state index >= 15 is 0 Å². The molecule has 1 aliphatic rings. The highest BCUT2D eigenvalue weighted by Gasteiger charge is 2.41. The summed E-state index contributed by atoms with van der Waals surface area (Å²) >= 11 is 0. The Morgan fingerprint density at radius 1 is 1.18 bits per heavy atom. The van der Waals surface area contributed by atoms with Crippen molar-refractivity contribution in [3.05, 3.63) is 12.2 Å². The summed E-state index contributed by atoms with van der Waals surface area (Å²) < 4.78 is 6.65. The van der Waals surface area contributed by atoms with Crippen LogP contribution in [-0.2, 0) is 9.22 Å². The third-order valence-corrected chi connectivity index (χ3v) is 9.62. The molecular weight excluding hydrogens is 288 g/mol. The van der Waals surface area contributed by atoms with Crippen molar-refractivity contribution in [3.8, 4) is 0 Å². The summed E-state index contributed by atoms with van der Waals surface area (Å²) in [5.74, 6) is 0.827. The van der Waals surface area contributed by atoms with E-state index in [1.165, 1.54) is 0 Å². The zero-order valence-corrected chi connectivity index (χ0v) is 17.0. The van der Waals surface area contributed by atoms with E-state index in [9.17, 15) is 4.79 Å². The minimum absolute atomic E-state index is 0.0741. The third kappa shape index (κ3) is 5.66. The van der Waals surface area contributed by atoms with Crippen LogP contribution in [0.25, 0.3) is 0 Å². The van der Waals surface area contributed by atoms with Gasteiger partial charge >= 0.3 is 0 Å². The molecule has 0 bridgehead atoms. The lowest BCUT2D eigenvalue weighted by Gasteiger charge is -2.42. The van der Waals surface area contributed by atoms with Crippen LogP contribution in [0.1, 0.15) is 67.2 Å². The van der Waals surface area contributed by atoms with E-state index in [1.807, 2.05) is 0 Å². The van der Waals surface area contributed by atoms with E-state index in [4.69, 9.17) is 4.43 Å². The van der Waals surface area contributed by atoms with Crippen molar-refractivity contribution < 1.29 is 9.22 Å². The zero-order valence-electron chi connectivity index (χ0n) is 16.0. The number of Topliss-reactive ketones (excluding diaryl/α,β-unsaturated/α-hetero) is 1. The maximum Gasteiger partial charge on any atom is 0.192 e. The number of hydrogen-bond acceptors (Lipinski definition) is 2. The Bertz CT molecular complexity index is 410. The topological polar surface area (TPSA) is 26.3 Å². The average molecular weight is 325 g/mol. The lowest BCUT2D eigenvalue weighted by atomic mass is 9.85. The third-order valence-electron chi connectivity index (χ3n) is 5.16. The van der Waals surface area contributed by atoms with Crippen LogP contribution in [0.2, 0.25) is 18.1 Å². The fraction of sp³-hybridized carbons (Fsp3) is 0.842. The molecule has 0 aromatic rings. The lowest BCUT2D eigenvalue weighted by Crippen LogP contribution is -2.46. The Kier molecular flexibility index (Phi) is 6.25. The molecule has 0 aromatic heterocycles. The maximum absolute atomic E-state index is 11.6. The van der Waals surface area contributed by atoms with Gasteiger partial charge in [0.25, 0.3) is 0 Å². The SMILES string of the molecule is CC(C)(C)C(C=CC1CCCC(=O)C1)O[Si](C)(C)C(C)(C)C. The van der Waals surface area contributed by atoms with Crippen LogP contribution in [0.5, 0.6) is 0 Å². The van der Waals surface area contributed by atoms with E-state index in [0.717, 1.165) is 19.3 Å². The molecule has 0 saturated heterocycles. The van der Waals surface area contributed by atoms with Crippen molar-refractivity contribution in [3.63, 3.8) is 0 Å². The van der Waals surface area contributed by atoms with E-state index in [1.54, 1.807) is 0 Å². The monoisotopic (exact) mass is 324 g/mol. The lowest BCUT2D eigenvalue weighted by molar-refractivity contribution is -0.121. The van der Waals surface area contributed by atoms with Gasteiger partial charge in [0.15, 0.2) is 8.32 Å². The molecule has 128 valence electrons. The second-order valence-corrected chi connectivity index (χ2v) is 14.2. The van der Waals surface area contributed by atoms with Crippen molar-refractivity contribution in [1.29, 1.82) is 0 Å².